The average molecular weight is 299 g/mol. The van der Waals surface area contributed by atoms with Crippen LogP contribution in [0.4, 0.5) is 17.1 Å². The molecule has 12 heteroatoms. The maximum Gasteiger partial charge on any atom is 0.324 e. The van der Waals surface area contributed by atoms with Gasteiger partial charge in [-0.2, -0.15) is 5.10 Å². The van der Waals surface area contributed by atoms with Crippen LogP contribution in [-0.2, 0) is 0 Å². The molecule has 0 fully saturated rings. The quantitative estimate of drug-likeness (QED) is 0.615. The number of aromatic hydroxyl groups is 1. The number of nitro groups is 3. The smallest absolute Gasteiger partial charge is 0.324 e. The molecule has 0 radical (unpaired) electrons. The first-order valence-electron chi connectivity index (χ1n) is 5.39. The molecule has 0 spiro atoms. The molecule has 2 N–H and O–H groups in total. The first-order chi connectivity index (χ1) is 9.84. The second-order valence-corrected chi connectivity index (χ2v) is 3.61. The highest BCUT2D eigenvalue weighted by Gasteiger charge is 2.30. The van der Waals surface area contributed by atoms with E-state index in [2.05, 4.69) is 10.5 Å². The number of nitro benzene ring substituents is 3. The zero-order chi connectivity index (χ0) is 16.0. The van der Waals surface area contributed by atoms with Crippen molar-refractivity contribution < 1.29 is 19.9 Å². The van der Waals surface area contributed by atoms with E-state index in [9.17, 15) is 30.3 Å². The van der Waals surface area contributed by atoms with Crippen molar-refractivity contribution in [1.29, 1.82) is 0 Å². The van der Waals surface area contributed by atoms with Gasteiger partial charge in [0.25, 0.3) is 11.4 Å². The van der Waals surface area contributed by atoms with E-state index in [1.807, 2.05) is 6.21 Å². The van der Waals surface area contributed by atoms with Gasteiger partial charge in [-0.15, -0.1) is 0 Å². The maximum absolute atomic E-state index is 10.4. The normalized spacial score (nSPS) is 12.0. The van der Waals surface area contributed by atoms with E-state index in [1.54, 1.807) is 0 Å². The molecule has 12 nitrogen and oxygen atoms in total. The van der Waals surface area contributed by atoms with E-state index in [-0.39, 0.29) is 0 Å². The third kappa shape index (κ3) is 4.09. The summed E-state index contributed by atoms with van der Waals surface area (Å²) in [5.74, 6) is -1.21. The Morgan fingerprint density at radius 1 is 1.05 bits per heavy atom. The molecule has 112 valence electrons. The second kappa shape index (κ2) is 6.74. The molecule has 1 aliphatic heterocycles. The van der Waals surface area contributed by atoms with E-state index in [0.717, 1.165) is 13.0 Å². The van der Waals surface area contributed by atoms with Gasteiger partial charge in [0.15, 0.2) is 0 Å². The summed E-state index contributed by atoms with van der Waals surface area (Å²) >= 11 is 0. The molecule has 0 bridgehead atoms. The molecule has 0 atom stereocenters. The van der Waals surface area contributed by atoms with Crippen LogP contribution < -0.4 is 5.43 Å². The van der Waals surface area contributed by atoms with Crippen molar-refractivity contribution >= 4 is 23.3 Å². The topological polar surface area (TPSA) is 174 Å². The largest absolute Gasteiger partial charge is 0.497 e. The Morgan fingerprint density at radius 2 is 1.57 bits per heavy atom. The molecule has 1 aliphatic rings. The van der Waals surface area contributed by atoms with Crippen molar-refractivity contribution in [3.8, 4) is 5.75 Å². The second-order valence-electron chi connectivity index (χ2n) is 3.61. The number of nitrogens with one attached hydrogen (secondary N) is 1. The maximum atomic E-state index is 10.4. The number of hydrogen-bond donors (Lipinski definition) is 2. The highest BCUT2D eigenvalue weighted by molar-refractivity contribution is 5.64. The summed E-state index contributed by atoms with van der Waals surface area (Å²) in [6.07, 6.45) is 2.97. The predicted molar refractivity (Wildman–Crippen MR) is 69.2 cm³/mol. The van der Waals surface area contributed by atoms with Crippen LogP contribution in [0.1, 0.15) is 6.42 Å². The minimum atomic E-state index is -1.21. The number of phenolic OH excluding ortho intramolecular Hbond substituents is 1. The van der Waals surface area contributed by atoms with Crippen LogP contribution in [0.2, 0.25) is 0 Å². The summed E-state index contributed by atoms with van der Waals surface area (Å²) in [5, 5.41) is 43.9. The first kappa shape index (κ1) is 15.7. The lowest BCUT2D eigenvalue weighted by molar-refractivity contribution is -0.404. The van der Waals surface area contributed by atoms with E-state index in [4.69, 9.17) is 5.11 Å². The molecule has 21 heavy (non-hydrogen) atoms. The van der Waals surface area contributed by atoms with Gasteiger partial charge in [0.2, 0.25) is 0 Å². The van der Waals surface area contributed by atoms with E-state index in [1.165, 1.54) is 0 Å². The molecule has 0 aliphatic carbocycles. The Morgan fingerprint density at radius 3 is 1.81 bits per heavy atom. The molecule has 0 amide bonds. The summed E-state index contributed by atoms with van der Waals surface area (Å²) in [6, 6.07) is 0.894. The zero-order valence-electron chi connectivity index (χ0n) is 10.3. The third-order valence-electron chi connectivity index (χ3n) is 2.23. The van der Waals surface area contributed by atoms with E-state index < -0.39 is 37.6 Å². The van der Waals surface area contributed by atoms with Crippen molar-refractivity contribution in [2.45, 2.75) is 6.42 Å². The number of benzene rings is 1. The van der Waals surface area contributed by atoms with Crippen LogP contribution in [0.25, 0.3) is 0 Å². The first-order valence-corrected chi connectivity index (χ1v) is 5.39. The van der Waals surface area contributed by atoms with Gasteiger partial charge in [0.1, 0.15) is 0 Å². The van der Waals surface area contributed by atoms with Gasteiger partial charge in [-0.25, -0.2) is 0 Å². The van der Waals surface area contributed by atoms with Crippen molar-refractivity contribution in [3.05, 3.63) is 42.5 Å². The number of hydrogen-bond acceptors (Lipinski definition) is 9. The lowest BCUT2D eigenvalue weighted by atomic mass is 10.2. The fourth-order valence-corrected chi connectivity index (χ4v) is 1.30. The fourth-order valence-electron chi connectivity index (χ4n) is 1.30. The van der Waals surface area contributed by atoms with Crippen LogP contribution in [0, 0.1) is 30.3 Å². The Balaban J connectivity index is 0.000000369. The molecule has 2 rings (SSSR count). The minimum absolute atomic E-state index is 0.447. The van der Waals surface area contributed by atoms with Crippen LogP contribution in [0.15, 0.2) is 17.2 Å². The van der Waals surface area contributed by atoms with Crippen molar-refractivity contribution in [3.63, 3.8) is 0 Å². The fraction of sp³-hybridized carbons (Fsp3) is 0.222. The van der Waals surface area contributed by atoms with Crippen LogP contribution >= 0.6 is 0 Å². The Labute approximate surface area is 116 Å². The SMILES string of the molecule is C1=NNCC1.O=[N+]([O-])c1cc([N+](=O)[O-])c(O)c([N+](=O)[O-])c1. The summed E-state index contributed by atoms with van der Waals surface area (Å²) in [4.78, 5) is 27.8. The zero-order valence-corrected chi connectivity index (χ0v) is 10.3. The molecular formula is C9H9N5O7. The highest BCUT2D eigenvalue weighted by Crippen LogP contribution is 2.38. The van der Waals surface area contributed by atoms with Gasteiger partial charge in [-0.05, 0) is 0 Å². The monoisotopic (exact) mass is 299 g/mol. The van der Waals surface area contributed by atoms with Crippen molar-refractivity contribution in [2.24, 2.45) is 5.10 Å². The van der Waals surface area contributed by atoms with Gasteiger partial charge in [-0.3, -0.25) is 30.3 Å². The van der Waals surface area contributed by atoms with Gasteiger partial charge < -0.3 is 10.5 Å². The van der Waals surface area contributed by atoms with Crippen LogP contribution in [-0.4, -0.2) is 32.6 Å². The number of nitrogens with zero attached hydrogens (tertiary/aromatic N) is 4. The molecule has 1 aromatic rings. The summed E-state index contributed by atoms with van der Waals surface area (Å²) in [7, 11) is 0. The number of phenols is 1. The number of non-ortho nitro benzene ring substituents is 1. The molecule has 0 saturated carbocycles. The van der Waals surface area contributed by atoms with Crippen LogP contribution in [0.5, 0.6) is 5.75 Å². The minimum Gasteiger partial charge on any atom is -0.497 e. The molecule has 0 unspecified atom stereocenters. The average Bonchev–Trinajstić information content (AvgIpc) is 2.96. The standard InChI is InChI=1S/C6H3N3O7.C3H6N2/c10-6-4(8(13)14)1-3(7(11)12)2-5(6)9(15)16;1-2-4-5-3-1/h1-2,10H;2,5H,1,3H2. The molecular weight excluding hydrogens is 290 g/mol. The van der Waals surface area contributed by atoms with Crippen LogP contribution in [0.3, 0.4) is 0 Å². The summed E-state index contributed by atoms with van der Waals surface area (Å²) < 4.78 is 0. The molecule has 0 saturated heterocycles. The summed E-state index contributed by atoms with van der Waals surface area (Å²) in [5.41, 5.74) is -0.210. The Hall–Kier alpha value is -3.31. The molecule has 1 aromatic carbocycles. The molecule has 1 heterocycles. The Kier molecular flexibility index (Phi) is 5.05. The number of rotatable bonds is 3. The van der Waals surface area contributed by atoms with Crippen molar-refractivity contribution in [1.82, 2.24) is 5.43 Å². The van der Waals surface area contributed by atoms with Gasteiger partial charge in [-0.1, -0.05) is 0 Å². The Bertz CT molecular complexity index is 573. The molecule has 0 aromatic heterocycles. The van der Waals surface area contributed by atoms with Crippen molar-refractivity contribution in [2.75, 3.05) is 6.54 Å². The van der Waals surface area contributed by atoms with Gasteiger partial charge >= 0.3 is 11.4 Å². The van der Waals surface area contributed by atoms with Gasteiger partial charge in [0, 0.05) is 19.2 Å². The highest BCUT2D eigenvalue weighted by atomic mass is 16.6. The van der Waals surface area contributed by atoms with Gasteiger partial charge in [0.05, 0.1) is 26.9 Å². The predicted octanol–water partition coefficient (Wildman–Crippen LogP) is 1.08. The lowest BCUT2D eigenvalue weighted by Gasteiger charge is -1.97. The van der Waals surface area contributed by atoms with E-state index >= 15 is 0 Å². The lowest BCUT2D eigenvalue weighted by Crippen LogP contribution is -1.97. The summed E-state index contributed by atoms with van der Waals surface area (Å²) in [6.45, 7) is 1.03. The number of hydrazone groups is 1. The third-order valence-corrected chi connectivity index (χ3v) is 2.23. The van der Waals surface area contributed by atoms with E-state index in [0.29, 0.717) is 12.1 Å².